The van der Waals surface area contributed by atoms with E-state index in [1.54, 1.807) is 0 Å². The minimum absolute atomic E-state index is 0.288. The van der Waals surface area contributed by atoms with E-state index in [1.165, 1.54) is 25.9 Å². The van der Waals surface area contributed by atoms with E-state index in [2.05, 4.69) is 24.1 Å². The van der Waals surface area contributed by atoms with E-state index in [-0.39, 0.29) is 5.54 Å². The summed E-state index contributed by atoms with van der Waals surface area (Å²) in [5.41, 5.74) is 0.288. The number of nitrogens with one attached hydrogen (secondary N) is 1. The zero-order chi connectivity index (χ0) is 10.0. The van der Waals surface area contributed by atoms with Crippen LogP contribution in [0.4, 0.5) is 0 Å². The van der Waals surface area contributed by atoms with Crippen LogP contribution in [0.25, 0.3) is 0 Å². The van der Waals surface area contributed by atoms with Gasteiger partial charge in [-0.3, -0.25) is 4.90 Å². The fourth-order valence-electron chi connectivity index (χ4n) is 2.54. The Kier molecular flexibility index (Phi) is 3.10. The highest BCUT2D eigenvalue weighted by Crippen LogP contribution is 2.19. The lowest BCUT2D eigenvalue weighted by Gasteiger charge is -2.44. The van der Waals surface area contributed by atoms with Crippen LogP contribution in [0.5, 0.6) is 0 Å². The van der Waals surface area contributed by atoms with Gasteiger partial charge in [-0.05, 0) is 26.7 Å². The van der Waals surface area contributed by atoms with Crippen LogP contribution in [0.3, 0.4) is 0 Å². The van der Waals surface area contributed by atoms with Crippen molar-refractivity contribution >= 4 is 0 Å². The highest BCUT2D eigenvalue weighted by atomic mass is 16.5. The van der Waals surface area contributed by atoms with Crippen LogP contribution < -0.4 is 5.32 Å². The lowest BCUT2D eigenvalue weighted by molar-refractivity contribution is 0.0148. The molecule has 3 heteroatoms. The predicted octanol–water partition coefficient (Wildman–Crippen LogP) is 0.849. The Balaban J connectivity index is 1.89. The first kappa shape index (κ1) is 10.4. The summed E-state index contributed by atoms with van der Waals surface area (Å²) < 4.78 is 5.40. The van der Waals surface area contributed by atoms with Gasteiger partial charge in [-0.1, -0.05) is 0 Å². The van der Waals surface area contributed by atoms with E-state index in [9.17, 15) is 0 Å². The van der Waals surface area contributed by atoms with E-state index in [0.29, 0.717) is 0 Å². The quantitative estimate of drug-likeness (QED) is 0.676. The highest BCUT2D eigenvalue weighted by molar-refractivity contribution is 4.90. The maximum atomic E-state index is 5.40. The van der Waals surface area contributed by atoms with Gasteiger partial charge in [0, 0.05) is 44.4 Å². The average Bonchev–Trinajstić information content (AvgIpc) is 2.18. The maximum Gasteiger partial charge on any atom is 0.0480 e. The van der Waals surface area contributed by atoms with Gasteiger partial charge in [0.15, 0.2) is 0 Å². The first-order valence-corrected chi connectivity index (χ1v) is 5.74. The van der Waals surface area contributed by atoms with Crippen molar-refractivity contribution in [1.29, 1.82) is 0 Å². The Morgan fingerprint density at radius 1 is 1.29 bits per heavy atom. The Morgan fingerprint density at radius 3 is 2.64 bits per heavy atom. The number of hydrogen-bond donors (Lipinski definition) is 1. The summed E-state index contributed by atoms with van der Waals surface area (Å²) in [6.07, 6.45) is 2.44. The van der Waals surface area contributed by atoms with Crippen LogP contribution >= 0.6 is 0 Å². The van der Waals surface area contributed by atoms with Gasteiger partial charge in [-0.15, -0.1) is 0 Å². The molecule has 2 saturated heterocycles. The lowest BCUT2D eigenvalue weighted by Crippen LogP contribution is -2.59. The summed E-state index contributed by atoms with van der Waals surface area (Å²) in [5.74, 6) is 0. The first-order valence-electron chi connectivity index (χ1n) is 5.74. The molecule has 0 radical (unpaired) electrons. The van der Waals surface area contributed by atoms with Crippen molar-refractivity contribution in [3.8, 4) is 0 Å². The summed E-state index contributed by atoms with van der Waals surface area (Å²) in [6, 6.07) is 0.769. The van der Waals surface area contributed by atoms with Crippen LogP contribution in [0.15, 0.2) is 0 Å². The molecule has 0 saturated carbocycles. The standard InChI is InChI=1S/C11H22N2O/c1-11(2)9-13(6-5-12-11)10-3-7-14-8-4-10/h10,12H,3-9H2,1-2H3. The monoisotopic (exact) mass is 198 g/mol. The van der Waals surface area contributed by atoms with Crippen LogP contribution in [-0.2, 0) is 4.74 Å². The number of nitrogens with zero attached hydrogens (tertiary/aromatic N) is 1. The summed E-state index contributed by atoms with van der Waals surface area (Å²) in [7, 11) is 0. The average molecular weight is 198 g/mol. The molecule has 0 aliphatic carbocycles. The predicted molar refractivity (Wildman–Crippen MR) is 57.5 cm³/mol. The molecule has 2 rings (SSSR count). The number of ether oxygens (including phenoxy) is 1. The molecule has 0 atom stereocenters. The third-order valence-electron chi connectivity index (χ3n) is 3.31. The van der Waals surface area contributed by atoms with Crippen LogP contribution in [0.2, 0.25) is 0 Å². The molecule has 0 aromatic rings. The Bertz CT molecular complexity index is 188. The molecule has 0 aromatic carbocycles. The molecule has 0 spiro atoms. The minimum Gasteiger partial charge on any atom is -0.381 e. The summed E-state index contributed by atoms with van der Waals surface area (Å²) >= 11 is 0. The maximum absolute atomic E-state index is 5.40. The zero-order valence-corrected chi connectivity index (χ0v) is 9.38. The molecule has 1 N–H and O–H groups in total. The minimum atomic E-state index is 0.288. The van der Waals surface area contributed by atoms with Gasteiger partial charge in [0.05, 0.1) is 0 Å². The highest BCUT2D eigenvalue weighted by Gasteiger charge is 2.30. The van der Waals surface area contributed by atoms with E-state index in [1.807, 2.05) is 0 Å². The second-order valence-corrected chi connectivity index (χ2v) is 5.12. The summed E-state index contributed by atoms with van der Waals surface area (Å²) in [4.78, 5) is 2.64. The van der Waals surface area contributed by atoms with Gasteiger partial charge in [-0.2, -0.15) is 0 Å². The van der Waals surface area contributed by atoms with Crippen molar-refractivity contribution in [2.45, 2.75) is 38.3 Å². The van der Waals surface area contributed by atoms with Crippen LogP contribution in [0, 0.1) is 0 Å². The summed E-state index contributed by atoms with van der Waals surface area (Å²) in [6.45, 7) is 10.00. The molecule has 2 fully saturated rings. The third kappa shape index (κ3) is 2.47. The van der Waals surface area contributed by atoms with Crippen molar-refractivity contribution in [1.82, 2.24) is 10.2 Å². The molecule has 3 nitrogen and oxygen atoms in total. The van der Waals surface area contributed by atoms with Gasteiger partial charge in [0.25, 0.3) is 0 Å². The normalized spacial score (nSPS) is 30.4. The molecule has 14 heavy (non-hydrogen) atoms. The van der Waals surface area contributed by atoms with Gasteiger partial charge < -0.3 is 10.1 Å². The molecular formula is C11H22N2O. The molecule has 0 unspecified atom stereocenters. The van der Waals surface area contributed by atoms with Gasteiger partial charge in [-0.25, -0.2) is 0 Å². The van der Waals surface area contributed by atoms with Crippen LogP contribution in [0.1, 0.15) is 26.7 Å². The Labute approximate surface area is 86.8 Å². The number of piperazine rings is 1. The van der Waals surface area contributed by atoms with Crippen molar-refractivity contribution in [3.63, 3.8) is 0 Å². The molecule has 0 bridgehead atoms. The van der Waals surface area contributed by atoms with Crippen molar-refractivity contribution in [3.05, 3.63) is 0 Å². The molecule has 2 aliphatic heterocycles. The molecule has 2 heterocycles. The van der Waals surface area contributed by atoms with E-state index >= 15 is 0 Å². The number of hydrogen-bond acceptors (Lipinski definition) is 3. The van der Waals surface area contributed by atoms with Crippen molar-refractivity contribution < 1.29 is 4.74 Å². The second-order valence-electron chi connectivity index (χ2n) is 5.12. The Morgan fingerprint density at radius 2 is 2.00 bits per heavy atom. The van der Waals surface area contributed by atoms with Crippen molar-refractivity contribution in [2.24, 2.45) is 0 Å². The molecule has 82 valence electrons. The Hall–Kier alpha value is -0.120. The topological polar surface area (TPSA) is 24.5 Å². The van der Waals surface area contributed by atoms with Crippen molar-refractivity contribution in [2.75, 3.05) is 32.8 Å². The number of rotatable bonds is 1. The third-order valence-corrected chi connectivity index (χ3v) is 3.31. The van der Waals surface area contributed by atoms with Gasteiger partial charge >= 0.3 is 0 Å². The molecule has 0 aromatic heterocycles. The molecule has 2 aliphatic rings. The zero-order valence-electron chi connectivity index (χ0n) is 9.38. The van der Waals surface area contributed by atoms with Crippen LogP contribution in [-0.4, -0.2) is 49.3 Å². The molecule has 0 amide bonds. The molecular weight excluding hydrogens is 176 g/mol. The summed E-state index contributed by atoms with van der Waals surface area (Å²) in [5, 5.41) is 3.55. The van der Waals surface area contributed by atoms with E-state index < -0.39 is 0 Å². The first-order chi connectivity index (χ1) is 6.67. The largest absolute Gasteiger partial charge is 0.381 e. The smallest absolute Gasteiger partial charge is 0.0480 e. The van der Waals surface area contributed by atoms with Gasteiger partial charge in [0.1, 0.15) is 0 Å². The van der Waals surface area contributed by atoms with E-state index in [0.717, 1.165) is 25.8 Å². The fourth-order valence-corrected chi connectivity index (χ4v) is 2.54. The van der Waals surface area contributed by atoms with Gasteiger partial charge in [0.2, 0.25) is 0 Å². The lowest BCUT2D eigenvalue weighted by atomic mass is 9.98. The SMILES string of the molecule is CC1(C)CN(C2CCOCC2)CCN1. The van der Waals surface area contributed by atoms with E-state index in [4.69, 9.17) is 4.74 Å². The fraction of sp³-hybridized carbons (Fsp3) is 1.00. The second kappa shape index (κ2) is 4.17.